The Kier molecular flexibility index (Phi) is 4.31. The molecule has 3 rings (SSSR count). The van der Waals surface area contributed by atoms with Gasteiger partial charge in [-0.25, -0.2) is 4.39 Å². The molecule has 3 aromatic rings. The average molecular weight is 365 g/mol. The van der Waals surface area contributed by atoms with Crippen LogP contribution in [0.5, 0.6) is 0 Å². The van der Waals surface area contributed by atoms with Gasteiger partial charge < -0.3 is 0 Å². The second kappa shape index (κ2) is 6.36. The van der Waals surface area contributed by atoms with Crippen LogP contribution in [-0.4, -0.2) is 20.2 Å². The van der Waals surface area contributed by atoms with Crippen LogP contribution in [-0.2, 0) is 5.75 Å². The van der Waals surface area contributed by atoms with Crippen LogP contribution in [0, 0.1) is 5.82 Å². The summed E-state index contributed by atoms with van der Waals surface area (Å²) in [6.07, 6.45) is 0. The molecule has 0 fully saturated rings. The van der Waals surface area contributed by atoms with Crippen molar-refractivity contribution in [3.63, 3.8) is 0 Å². The third-order valence-electron chi connectivity index (χ3n) is 2.81. The summed E-state index contributed by atoms with van der Waals surface area (Å²) >= 11 is 4.86. The van der Waals surface area contributed by atoms with Crippen LogP contribution >= 0.6 is 27.7 Å². The molecule has 0 atom stereocenters. The van der Waals surface area contributed by atoms with E-state index < -0.39 is 0 Å². The Morgan fingerprint density at radius 3 is 2.71 bits per heavy atom. The van der Waals surface area contributed by atoms with Gasteiger partial charge in [-0.2, -0.15) is 4.68 Å². The lowest BCUT2D eigenvalue weighted by molar-refractivity contribution is 0.626. The van der Waals surface area contributed by atoms with Gasteiger partial charge in [0.05, 0.1) is 5.69 Å². The van der Waals surface area contributed by atoms with Crippen molar-refractivity contribution in [1.29, 1.82) is 0 Å². The minimum atomic E-state index is -0.259. The molecule has 4 nitrogen and oxygen atoms in total. The van der Waals surface area contributed by atoms with Crippen molar-refractivity contribution in [2.45, 2.75) is 10.9 Å². The highest BCUT2D eigenvalue weighted by Gasteiger charge is 2.10. The molecule has 0 saturated carbocycles. The fourth-order valence-electron chi connectivity index (χ4n) is 1.78. The van der Waals surface area contributed by atoms with Crippen molar-refractivity contribution in [2.75, 3.05) is 0 Å². The Bertz CT molecular complexity index is 748. The maximum atomic E-state index is 13.1. The van der Waals surface area contributed by atoms with E-state index in [1.165, 1.54) is 23.9 Å². The Labute approximate surface area is 133 Å². The smallest absolute Gasteiger partial charge is 0.207 e. The van der Waals surface area contributed by atoms with Crippen molar-refractivity contribution in [2.24, 2.45) is 0 Å². The van der Waals surface area contributed by atoms with Gasteiger partial charge in [-0.15, -0.1) is 5.10 Å². The van der Waals surface area contributed by atoms with Crippen LogP contribution in [0.4, 0.5) is 4.39 Å². The van der Waals surface area contributed by atoms with E-state index in [-0.39, 0.29) is 5.82 Å². The first-order valence-electron chi connectivity index (χ1n) is 6.14. The van der Waals surface area contributed by atoms with Gasteiger partial charge in [0.2, 0.25) is 5.16 Å². The van der Waals surface area contributed by atoms with Gasteiger partial charge in [-0.1, -0.05) is 52.0 Å². The number of aromatic nitrogens is 4. The lowest BCUT2D eigenvalue weighted by atomic mass is 10.2. The number of benzene rings is 2. The van der Waals surface area contributed by atoms with Crippen LogP contribution in [0.25, 0.3) is 5.69 Å². The highest BCUT2D eigenvalue weighted by Crippen LogP contribution is 2.27. The van der Waals surface area contributed by atoms with Crippen LogP contribution in [0.1, 0.15) is 5.56 Å². The van der Waals surface area contributed by atoms with E-state index in [4.69, 9.17) is 0 Å². The van der Waals surface area contributed by atoms with Crippen LogP contribution in [0.3, 0.4) is 0 Å². The molecule has 7 heteroatoms. The molecule has 0 saturated heterocycles. The van der Waals surface area contributed by atoms with E-state index in [1.807, 2.05) is 30.3 Å². The number of para-hydroxylation sites is 1. The van der Waals surface area contributed by atoms with Crippen molar-refractivity contribution < 1.29 is 4.39 Å². The molecule has 21 heavy (non-hydrogen) atoms. The fourth-order valence-corrected chi connectivity index (χ4v) is 3.35. The van der Waals surface area contributed by atoms with E-state index in [1.54, 1.807) is 10.7 Å². The summed E-state index contributed by atoms with van der Waals surface area (Å²) in [4.78, 5) is 0. The first-order valence-corrected chi connectivity index (χ1v) is 7.92. The van der Waals surface area contributed by atoms with E-state index >= 15 is 0 Å². The van der Waals surface area contributed by atoms with Crippen molar-refractivity contribution in [3.05, 3.63) is 64.4 Å². The van der Waals surface area contributed by atoms with E-state index in [2.05, 4.69) is 31.5 Å². The zero-order valence-corrected chi connectivity index (χ0v) is 13.2. The summed E-state index contributed by atoms with van der Waals surface area (Å²) in [5, 5.41) is 12.4. The average Bonchev–Trinajstić information content (AvgIpc) is 2.96. The summed E-state index contributed by atoms with van der Waals surface area (Å²) in [7, 11) is 0. The molecule has 0 bridgehead atoms. The minimum absolute atomic E-state index is 0.259. The highest BCUT2D eigenvalue weighted by atomic mass is 79.9. The van der Waals surface area contributed by atoms with E-state index in [0.29, 0.717) is 10.9 Å². The molecular formula is C14H10BrFN4S. The zero-order valence-electron chi connectivity index (χ0n) is 10.8. The molecule has 0 amide bonds. The van der Waals surface area contributed by atoms with E-state index in [0.717, 1.165) is 15.7 Å². The topological polar surface area (TPSA) is 43.6 Å². The van der Waals surface area contributed by atoms with Gasteiger partial charge >= 0.3 is 0 Å². The Hall–Kier alpha value is -1.73. The summed E-state index contributed by atoms with van der Waals surface area (Å²) < 4.78 is 15.5. The number of tetrazole rings is 1. The first-order chi connectivity index (χ1) is 10.2. The second-order valence-electron chi connectivity index (χ2n) is 4.23. The van der Waals surface area contributed by atoms with Crippen molar-refractivity contribution in [3.8, 4) is 5.69 Å². The largest absolute Gasteiger partial charge is 0.214 e. The number of hydrogen-bond acceptors (Lipinski definition) is 4. The van der Waals surface area contributed by atoms with Gasteiger partial charge in [0.25, 0.3) is 0 Å². The van der Waals surface area contributed by atoms with Gasteiger partial charge in [0.1, 0.15) is 5.82 Å². The number of thioether (sulfide) groups is 1. The third kappa shape index (κ3) is 3.30. The van der Waals surface area contributed by atoms with Gasteiger partial charge in [-0.3, -0.25) is 0 Å². The summed E-state index contributed by atoms with van der Waals surface area (Å²) in [6.45, 7) is 0. The monoisotopic (exact) mass is 364 g/mol. The summed E-state index contributed by atoms with van der Waals surface area (Å²) in [5.74, 6) is 0.387. The Morgan fingerprint density at radius 1 is 1.14 bits per heavy atom. The fraction of sp³-hybridized carbons (Fsp3) is 0.0714. The number of rotatable bonds is 4. The van der Waals surface area contributed by atoms with Crippen LogP contribution in [0.2, 0.25) is 0 Å². The highest BCUT2D eigenvalue weighted by molar-refractivity contribution is 9.10. The second-order valence-corrected chi connectivity index (χ2v) is 6.03. The Morgan fingerprint density at radius 2 is 1.95 bits per heavy atom. The molecule has 2 aromatic carbocycles. The molecule has 1 heterocycles. The Balaban J connectivity index is 1.79. The normalized spacial score (nSPS) is 10.8. The maximum Gasteiger partial charge on any atom is 0.214 e. The molecule has 1 aromatic heterocycles. The summed E-state index contributed by atoms with van der Waals surface area (Å²) in [6, 6.07) is 14.3. The molecule has 0 spiro atoms. The maximum absolute atomic E-state index is 13.1. The van der Waals surface area contributed by atoms with Gasteiger partial charge in [0.15, 0.2) is 0 Å². The summed E-state index contributed by atoms with van der Waals surface area (Å²) in [5.41, 5.74) is 1.90. The lowest BCUT2D eigenvalue weighted by Gasteiger charge is -2.05. The number of nitrogens with zero attached hydrogens (tertiary/aromatic N) is 4. The first kappa shape index (κ1) is 14.2. The van der Waals surface area contributed by atoms with Gasteiger partial charge in [0, 0.05) is 10.2 Å². The molecule has 0 unspecified atom stereocenters. The molecule has 0 aliphatic rings. The van der Waals surface area contributed by atoms with Crippen LogP contribution < -0.4 is 0 Å². The number of hydrogen-bond donors (Lipinski definition) is 0. The van der Waals surface area contributed by atoms with Gasteiger partial charge in [-0.05, 0) is 40.3 Å². The minimum Gasteiger partial charge on any atom is -0.207 e. The molecule has 0 radical (unpaired) electrons. The van der Waals surface area contributed by atoms with E-state index in [9.17, 15) is 4.39 Å². The van der Waals surface area contributed by atoms with Crippen molar-refractivity contribution >= 4 is 27.7 Å². The lowest BCUT2D eigenvalue weighted by Crippen LogP contribution is -1.98. The predicted molar refractivity (Wildman–Crippen MR) is 82.8 cm³/mol. The third-order valence-corrected chi connectivity index (χ3v) is 4.52. The molecule has 0 N–H and O–H groups in total. The SMILES string of the molecule is Fc1ccc(CSc2nnnn2-c2ccccc2)c(Br)c1. The molecule has 0 aliphatic carbocycles. The van der Waals surface area contributed by atoms with Crippen molar-refractivity contribution in [1.82, 2.24) is 20.2 Å². The predicted octanol–water partition coefficient (Wildman–Crippen LogP) is 3.86. The molecule has 106 valence electrons. The quantitative estimate of drug-likeness (QED) is 0.659. The van der Waals surface area contributed by atoms with Crippen LogP contribution in [0.15, 0.2) is 58.2 Å². The molecular weight excluding hydrogens is 355 g/mol. The molecule has 0 aliphatic heterocycles. The standard InChI is InChI=1S/C14H10BrFN4S/c15-13-8-11(16)7-6-10(13)9-21-14-17-18-19-20(14)12-4-2-1-3-5-12/h1-8H,9H2. The zero-order chi connectivity index (χ0) is 14.7. The number of halogens is 2.